The lowest BCUT2D eigenvalue weighted by Gasteiger charge is -2.23. The van der Waals surface area contributed by atoms with Gasteiger partial charge in [0.25, 0.3) is 0 Å². The van der Waals surface area contributed by atoms with Crippen molar-refractivity contribution in [1.82, 2.24) is 0 Å². The predicted molar refractivity (Wildman–Crippen MR) is 82.4 cm³/mol. The average molecular weight is 259 g/mol. The van der Waals surface area contributed by atoms with E-state index < -0.39 is 0 Å². The number of aliphatic hydroxyl groups excluding tert-OH is 1. The van der Waals surface area contributed by atoms with Gasteiger partial charge in [0.15, 0.2) is 0 Å². The molecule has 0 aliphatic heterocycles. The van der Waals surface area contributed by atoms with E-state index in [1.54, 1.807) is 0 Å². The highest BCUT2D eigenvalue weighted by Crippen LogP contribution is 2.30. The molecular weight excluding hydrogens is 234 g/mol. The number of aliphatic hydroxyl groups is 1. The van der Waals surface area contributed by atoms with Crippen LogP contribution >= 0.6 is 0 Å². The Morgan fingerprint density at radius 2 is 1.79 bits per heavy atom. The minimum Gasteiger partial charge on any atom is -0.392 e. The first-order chi connectivity index (χ1) is 9.20. The molecule has 1 aliphatic rings. The van der Waals surface area contributed by atoms with Gasteiger partial charge < -0.3 is 10.0 Å². The highest BCUT2D eigenvalue weighted by atomic mass is 16.3. The maximum absolute atomic E-state index is 9.61. The molecule has 2 rings (SSSR count). The average Bonchev–Trinajstić information content (AvgIpc) is 2.46. The third kappa shape index (κ3) is 3.84. The molecule has 19 heavy (non-hydrogen) atoms. The van der Waals surface area contributed by atoms with Gasteiger partial charge in [-0.15, -0.1) is 0 Å². The minimum absolute atomic E-state index is 0.195. The monoisotopic (exact) mass is 259 g/mol. The van der Waals surface area contributed by atoms with Crippen LogP contribution in [0.5, 0.6) is 0 Å². The van der Waals surface area contributed by atoms with Crippen molar-refractivity contribution in [3.05, 3.63) is 35.4 Å². The van der Waals surface area contributed by atoms with Crippen molar-refractivity contribution < 1.29 is 5.11 Å². The van der Waals surface area contributed by atoms with Crippen LogP contribution in [0.2, 0.25) is 0 Å². The molecule has 0 spiro atoms. The van der Waals surface area contributed by atoms with Gasteiger partial charge in [-0.2, -0.15) is 0 Å². The van der Waals surface area contributed by atoms with Gasteiger partial charge >= 0.3 is 0 Å². The van der Waals surface area contributed by atoms with Gasteiger partial charge in [0, 0.05) is 19.8 Å². The van der Waals surface area contributed by atoms with Crippen molar-refractivity contribution in [1.29, 1.82) is 0 Å². The number of rotatable bonds is 4. The van der Waals surface area contributed by atoms with E-state index in [0.717, 1.165) is 0 Å². The second-order valence-electron chi connectivity index (χ2n) is 5.70. The second-order valence-corrected chi connectivity index (χ2v) is 5.70. The number of nitrogens with zero attached hydrogens (tertiary/aromatic N) is 1. The minimum atomic E-state index is 0.195. The molecule has 0 saturated heterocycles. The van der Waals surface area contributed by atoms with Gasteiger partial charge in [-0.1, -0.05) is 37.5 Å². The largest absolute Gasteiger partial charge is 0.392 e. The van der Waals surface area contributed by atoms with Crippen molar-refractivity contribution in [2.75, 3.05) is 25.6 Å². The first-order valence-corrected chi connectivity index (χ1v) is 7.29. The quantitative estimate of drug-likeness (QED) is 0.891. The lowest BCUT2D eigenvalue weighted by molar-refractivity contribution is 0.295. The summed E-state index contributed by atoms with van der Waals surface area (Å²) in [5, 5.41) is 9.61. The molecule has 1 fully saturated rings. The van der Waals surface area contributed by atoms with E-state index in [9.17, 15) is 5.11 Å². The van der Waals surface area contributed by atoms with Gasteiger partial charge in [0.2, 0.25) is 0 Å². The van der Waals surface area contributed by atoms with Crippen molar-refractivity contribution >= 4 is 11.8 Å². The van der Waals surface area contributed by atoms with Crippen LogP contribution in [0.1, 0.15) is 37.7 Å². The van der Waals surface area contributed by atoms with E-state index in [2.05, 4.69) is 35.2 Å². The summed E-state index contributed by atoms with van der Waals surface area (Å²) in [5.74, 6) is 0.590. The van der Waals surface area contributed by atoms with Gasteiger partial charge in [-0.05, 0) is 42.0 Å². The Balaban J connectivity index is 2.12. The van der Waals surface area contributed by atoms with Crippen molar-refractivity contribution in [3.63, 3.8) is 0 Å². The Morgan fingerprint density at radius 1 is 1.16 bits per heavy atom. The molecule has 0 aromatic heterocycles. The van der Waals surface area contributed by atoms with Crippen LogP contribution in [-0.2, 0) is 0 Å². The van der Waals surface area contributed by atoms with E-state index in [4.69, 9.17) is 0 Å². The summed E-state index contributed by atoms with van der Waals surface area (Å²) in [6.45, 7) is 0.195. The molecular formula is C17H25NO. The van der Waals surface area contributed by atoms with Gasteiger partial charge in [0.05, 0.1) is 6.61 Å². The van der Waals surface area contributed by atoms with E-state index >= 15 is 0 Å². The maximum Gasteiger partial charge on any atom is 0.0647 e. The third-order valence-electron chi connectivity index (χ3n) is 4.07. The lowest BCUT2D eigenvalue weighted by atomic mass is 9.83. The molecule has 0 bridgehead atoms. The molecule has 0 amide bonds. The molecule has 0 unspecified atom stereocenters. The van der Waals surface area contributed by atoms with Crippen LogP contribution in [0, 0.1) is 5.92 Å². The zero-order valence-corrected chi connectivity index (χ0v) is 12.1. The van der Waals surface area contributed by atoms with E-state index in [1.165, 1.54) is 48.9 Å². The predicted octanol–water partition coefficient (Wildman–Crippen LogP) is 3.71. The SMILES string of the molecule is CN(C)c1ccc(C=C(CO)C2CCCCC2)cc1. The van der Waals surface area contributed by atoms with Gasteiger partial charge in [-0.25, -0.2) is 0 Å². The van der Waals surface area contributed by atoms with Crippen molar-refractivity contribution in [2.45, 2.75) is 32.1 Å². The number of benzene rings is 1. The molecule has 1 aliphatic carbocycles. The van der Waals surface area contributed by atoms with E-state index in [0.29, 0.717) is 5.92 Å². The Morgan fingerprint density at radius 3 is 2.32 bits per heavy atom. The van der Waals surface area contributed by atoms with Crippen molar-refractivity contribution in [2.24, 2.45) is 5.92 Å². The second kappa shape index (κ2) is 6.76. The highest BCUT2D eigenvalue weighted by molar-refractivity contribution is 5.58. The molecule has 104 valence electrons. The topological polar surface area (TPSA) is 23.5 Å². The molecule has 2 heteroatoms. The molecule has 1 aromatic carbocycles. The lowest BCUT2D eigenvalue weighted by Crippen LogP contribution is -2.11. The maximum atomic E-state index is 9.61. The summed E-state index contributed by atoms with van der Waals surface area (Å²) in [7, 11) is 4.10. The Kier molecular flexibility index (Phi) is 5.03. The summed E-state index contributed by atoms with van der Waals surface area (Å²) in [6.07, 6.45) is 8.62. The molecule has 0 radical (unpaired) electrons. The zero-order valence-electron chi connectivity index (χ0n) is 12.1. The third-order valence-corrected chi connectivity index (χ3v) is 4.07. The van der Waals surface area contributed by atoms with Crippen LogP contribution in [0.3, 0.4) is 0 Å². The molecule has 0 heterocycles. The Labute approximate surface area is 116 Å². The van der Waals surface area contributed by atoms with Crippen LogP contribution in [0.25, 0.3) is 6.08 Å². The zero-order chi connectivity index (χ0) is 13.7. The molecule has 1 N–H and O–H groups in total. The fraction of sp³-hybridized carbons (Fsp3) is 0.529. The van der Waals surface area contributed by atoms with Gasteiger partial charge in [0.1, 0.15) is 0 Å². The summed E-state index contributed by atoms with van der Waals surface area (Å²) in [5.41, 5.74) is 3.61. The fourth-order valence-electron chi connectivity index (χ4n) is 2.85. The Hall–Kier alpha value is -1.28. The summed E-state index contributed by atoms with van der Waals surface area (Å²) >= 11 is 0. The summed E-state index contributed by atoms with van der Waals surface area (Å²) in [4.78, 5) is 2.10. The first-order valence-electron chi connectivity index (χ1n) is 7.29. The van der Waals surface area contributed by atoms with Crippen LogP contribution < -0.4 is 4.90 Å². The van der Waals surface area contributed by atoms with Crippen LogP contribution in [0.4, 0.5) is 5.69 Å². The molecule has 0 atom stereocenters. The number of hydrogen-bond acceptors (Lipinski definition) is 2. The molecule has 2 nitrogen and oxygen atoms in total. The normalized spacial score (nSPS) is 17.5. The molecule has 1 saturated carbocycles. The van der Waals surface area contributed by atoms with Crippen LogP contribution in [0.15, 0.2) is 29.8 Å². The highest BCUT2D eigenvalue weighted by Gasteiger charge is 2.17. The number of anilines is 1. The molecule has 1 aromatic rings. The van der Waals surface area contributed by atoms with E-state index in [-0.39, 0.29) is 6.61 Å². The summed E-state index contributed by atoms with van der Waals surface area (Å²) < 4.78 is 0. The van der Waals surface area contributed by atoms with Crippen LogP contribution in [-0.4, -0.2) is 25.8 Å². The first kappa shape index (κ1) is 14.1. The summed E-state index contributed by atoms with van der Waals surface area (Å²) in [6, 6.07) is 8.52. The fourth-order valence-corrected chi connectivity index (χ4v) is 2.85. The van der Waals surface area contributed by atoms with Gasteiger partial charge in [-0.3, -0.25) is 0 Å². The Bertz CT molecular complexity index is 413. The smallest absolute Gasteiger partial charge is 0.0647 e. The standard InChI is InChI=1S/C17H25NO/c1-18(2)17-10-8-14(9-11-17)12-16(13-19)15-6-4-3-5-7-15/h8-12,15,19H,3-7,13H2,1-2H3. The van der Waals surface area contributed by atoms with Crippen molar-refractivity contribution in [3.8, 4) is 0 Å². The van der Waals surface area contributed by atoms with E-state index in [1.807, 2.05) is 14.1 Å². The number of hydrogen-bond donors (Lipinski definition) is 1.